The van der Waals surface area contributed by atoms with Crippen molar-refractivity contribution in [3.8, 4) is 11.5 Å². The first-order valence-electron chi connectivity index (χ1n) is 8.86. The Morgan fingerprint density at radius 3 is 2.33 bits per heavy atom. The summed E-state index contributed by atoms with van der Waals surface area (Å²) in [7, 11) is 1.62. The molecule has 2 atom stereocenters. The number of para-hydroxylation sites is 2. The highest BCUT2D eigenvalue weighted by Gasteiger charge is 2.48. The summed E-state index contributed by atoms with van der Waals surface area (Å²) < 4.78 is 17.0. The first kappa shape index (κ1) is 17.3. The number of Topliss-reactive ketones (excluding diaryl/α,β-unsaturated/α-hetero) is 1. The van der Waals surface area contributed by atoms with Gasteiger partial charge in [-0.2, -0.15) is 0 Å². The molecule has 0 aliphatic carbocycles. The topological polar surface area (TPSA) is 48.1 Å². The summed E-state index contributed by atoms with van der Waals surface area (Å²) in [5.41, 5.74) is 2.48. The van der Waals surface area contributed by atoms with Gasteiger partial charge in [-0.1, -0.05) is 60.7 Å². The number of carbonyl (C=O) groups is 1. The lowest BCUT2D eigenvalue weighted by atomic mass is 10.0. The Hall–Kier alpha value is -3.11. The third kappa shape index (κ3) is 3.71. The Labute approximate surface area is 158 Å². The summed E-state index contributed by atoms with van der Waals surface area (Å²) in [4.78, 5) is 13.0. The maximum Gasteiger partial charge on any atom is 0.198 e. The molecule has 0 unspecified atom stereocenters. The number of benzene rings is 3. The van der Waals surface area contributed by atoms with Crippen molar-refractivity contribution >= 4 is 5.78 Å². The van der Waals surface area contributed by atoms with E-state index in [0.717, 1.165) is 16.9 Å². The molecule has 27 heavy (non-hydrogen) atoms. The van der Waals surface area contributed by atoms with Crippen LogP contribution in [0.15, 0.2) is 78.9 Å². The molecular formula is C23H20O4. The second-order valence-corrected chi connectivity index (χ2v) is 6.35. The summed E-state index contributed by atoms with van der Waals surface area (Å²) in [6.45, 7) is 0.409. The van der Waals surface area contributed by atoms with E-state index < -0.39 is 6.10 Å². The molecule has 4 rings (SSSR count). The number of carbonyl (C=O) groups excluding carboxylic acids is 1. The molecule has 0 bridgehead atoms. The van der Waals surface area contributed by atoms with Crippen molar-refractivity contribution in [2.24, 2.45) is 0 Å². The van der Waals surface area contributed by atoms with E-state index in [1.807, 2.05) is 72.8 Å². The van der Waals surface area contributed by atoms with E-state index in [9.17, 15) is 4.79 Å². The van der Waals surface area contributed by atoms with Crippen molar-refractivity contribution in [2.45, 2.75) is 18.8 Å². The van der Waals surface area contributed by atoms with Crippen molar-refractivity contribution in [3.63, 3.8) is 0 Å². The Morgan fingerprint density at radius 2 is 1.56 bits per heavy atom. The van der Waals surface area contributed by atoms with Crippen LogP contribution in [-0.4, -0.2) is 19.0 Å². The van der Waals surface area contributed by atoms with Crippen LogP contribution in [0.1, 0.15) is 27.6 Å². The van der Waals surface area contributed by atoms with Gasteiger partial charge >= 0.3 is 0 Å². The summed E-state index contributed by atoms with van der Waals surface area (Å²) in [6, 6.07) is 24.8. The smallest absolute Gasteiger partial charge is 0.198 e. The van der Waals surface area contributed by atoms with Crippen molar-refractivity contribution < 1.29 is 19.0 Å². The molecule has 136 valence electrons. The lowest BCUT2D eigenvalue weighted by Gasteiger charge is -2.10. The summed E-state index contributed by atoms with van der Waals surface area (Å²) in [5, 5.41) is 0. The minimum Gasteiger partial charge on any atom is -0.496 e. The molecule has 1 saturated heterocycles. The van der Waals surface area contributed by atoms with Gasteiger partial charge in [-0.25, -0.2) is 0 Å². The average Bonchev–Trinajstić information content (AvgIpc) is 3.53. The molecule has 1 aliphatic heterocycles. The monoisotopic (exact) mass is 360 g/mol. The molecule has 1 heterocycles. The number of ketones is 1. The molecule has 0 aromatic heterocycles. The van der Waals surface area contributed by atoms with Crippen molar-refractivity contribution in [2.75, 3.05) is 7.11 Å². The van der Waals surface area contributed by atoms with E-state index in [2.05, 4.69) is 0 Å². The highest BCUT2D eigenvalue weighted by molar-refractivity contribution is 6.03. The van der Waals surface area contributed by atoms with Gasteiger partial charge in [-0.05, 0) is 23.8 Å². The second-order valence-electron chi connectivity index (χ2n) is 6.35. The van der Waals surface area contributed by atoms with Crippen LogP contribution in [0.3, 0.4) is 0 Å². The molecular weight excluding hydrogens is 340 g/mol. The minimum absolute atomic E-state index is 0.0745. The average molecular weight is 360 g/mol. The van der Waals surface area contributed by atoms with Crippen LogP contribution in [0.5, 0.6) is 11.5 Å². The molecule has 0 radical (unpaired) electrons. The van der Waals surface area contributed by atoms with Gasteiger partial charge in [-0.3, -0.25) is 4.79 Å². The summed E-state index contributed by atoms with van der Waals surface area (Å²) in [6.07, 6.45) is -0.793. The zero-order valence-electron chi connectivity index (χ0n) is 15.0. The molecule has 3 aromatic carbocycles. The molecule has 4 nitrogen and oxygen atoms in total. The number of hydrogen-bond donors (Lipinski definition) is 0. The Balaban J connectivity index is 1.50. The van der Waals surface area contributed by atoms with E-state index >= 15 is 0 Å². The lowest BCUT2D eigenvalue weighted by Crippen LogP contribution is -2.11. The van der Waals surface area contributed by atoms with Crippen molar-refractivity contribution in [1.82, 2.24) is 0 Å². The first-order chi connectivity index (χ1) is 13.3. The molecule has 4 heteroatoms. The quantitative estimate of drug-likeness (QED) is 0.456. The number of hydrogen-bond acceptors (Lipinski definition) is 4. The van der Waals surface area contributed by atoms with Gasteiger partial charge in [0, 0.05) is 5.56 Å². The van der Waals surface area contributed by atoms with E-state index in [-0.39, 0.29) is 11.9 Å². The molecule has 1 fully saturated rings. The third-order valence-electron chi connectivity index (χ3n) is 4.59. The fourth-order valence-electron chi connectivity index (χ4n) is 3.13. The summed E-state index contributed by atoms with van der Waals surface area (Å²) in [5.74, 6) is 1.22. The standard InChI is InChI=1S/C23H20O4/c1-25-19-13-7-6-12-18(19)22-23(27-22)21(24)17-11-5-8-14-20(17)26-15-16-9-3-2-4-10-16/h2-14,22-23H,15H2,1H3/t22-,23-/m1/s1. The molecule has 0 saturated carbocycles. The molecule has 0 spiro atoms. The molecule has 0 amide bonds. The fraction of sp³-hybridized carbons (Fsp3) is 0.174. The Bertz CT molecular complexity index is 936. The maximum atomic E-state index is 13.0. The second kappa shape index (κ2) is 7.64. The van der Waals surface area contributed by atoms with Crippen LogP contribution in [0.25, 0.3) is 0 Å². The van der Waals surface area contributed by atoms with Gasteiger partial charge in [-0.15, -0.1) is 0 Å². The number of ether oxygens (including phenoxy) is 3. The van der Waals surface area contributed by atoms with E-state index in [0.29, 0.717) is 17.9 Å². The lowest BCUT2D eigenvalue weighted by molar-refractivity contribution is 0.0949. The van der Waals surface area contributed by atoms with Gasteiger partial charge in [0.15, 0.2) is 11.9 Å². The van der Waals surface area contributed by atoms with Crippen LogP contribution in [0.2, 0.25) is 0 Å². The zero-order valence-corrected chi connectivity index (χ0v) is 15.0. The highest BCUT2D eigenvalue weighted by atomic mass is 16.6. The maximum absolute atomic E-state index is 13.0. The molecule has 0 N–H and O–H groups in total. The van der Waals surface area contributed by atoms with Crippen LogP contribution in [0, 0.1) is 0 Å². The van der Waals surface area contributed by atoms with Gasteiger partial charge in [0.1, 0.15) is 24.2 Å². The van der Waals surface area contributed by atoms with Crippen LogP contribution < -0.4 is 9.47 Å². The van der Waals surface area contributed by atoms with Crippen LogP contribution in [0.4, 0.5) is 0 Å². The third-order valence-corrected chi connectivity index (χ3v) is 4.59. The largest absolute Gasteiger partial charge is 0.496 e. The SMILES string of the molecule is COc1ccccc1[C@H]1O[C@@H]1C(=O)c1ccccc1OCc1ccccc1. The van der Waals surface area contributed by atoms with E-state index in [1.54, 1.807) is 13.2 Å². The number of rotatable bonds is 7. The van der Waals surface area contributed by atoms with Crippen LogP contribution >= 0.6 is 0 Å². The highest BCUT2D eigenvalue weighted by Crippen LogP contribution is 2.45. The Kier molecular flexibility index (Phi) is 4.90. The van der Waals surface area contributed by atoms with Gasteiger partial charge in [0.25, 0.3) is 0 Å². The van der Waals surface area contributed by atoms with Crippen LogP contribution in [-0.2, 0) is 11.3 Å². The van der Waals surface area contributed by atoms with Crippen molar-refractivity contribution in [3.05, 3.63) is 95.6 Å². The van der Waals surface area contributed by atoms with Gasteiger partial charge in [0.05, 0.1) is 12.7 Å². The predicted molar refractivity (Wildman–Crippen MR) is 102 cm³/mol. The van der Waals surface area contributed by atoms with Gasteiger partial charge < -0.3 is 14.2 Å². The van der Waals surface area contributed by atoms with Crippen molar-refractivity contribution in [1.29, 1.82) is 0 Å². The first-order valence-corrected chi connectivity index (χ1v) is 8.86. The van der Waals surface area contributed by atoms with Gasteiger partial charge in [0.2, 0.25) is 0 Å². The molecule has 3 aromatic rings. The minimum atomic E-state index is -0.511. The fourth-order valence-corrected chi connectivity index (χ4v) is 3.13. The van der Waals surface area contributed by atoms with E-state index in [1.165, 1.54) is 0 Å². The zero-order chi connectivity index (χ0) is 18.6. The molecule has 1 aliphatic rings. The number of epoxide rings is 1. The summed E-state index contributed by atoms with van der Waals surface area (Å²) >= 11 is 0. The predicted octanol–water partition coefficient (Wildman–Crippen LogP) is 4.60. The normalized spacial score (nSPS) is 18.0. The Morgan fingerprint density at radius 1 is 0.889 bits per heavy atom. The van der Waals surface area contributed by atoms with E-state index in [4.69, 9.17) is 14.2 Å². The number of methoxy groups -OCH3 is 1.